The maximum atomic E-state index is 12.5. The van der Waals surface area contributed by atoms with E-state index >= 15 is 0 Å². The van der Waals surface area contributed by atoms with Crippen molar-refractivity contribution in [2.75, 3.05) is 30.2 Å². The maximum absolute atomic E-state index is 12.5. The molecule has 0 radical (unpaired) electrons. The van der Waals surface area contributed by atoms with Crippen molar-refractivity contribution in [3.05, 3.63) is 78.4 Å². The zero-order valence-corrected chi connectivity index (χ0v) is 17.6. The molecule has 31 heavy (non-hydrogen) atoms. The molecule has 0 bridgehead atoms. The van der Waals surface area contributed by atoms with E-state index in [2.05, 4.69) is 16.0 Å². The molecule has 3 aromatic rings. The molecule has 3 aromatic carbocycles. The van der Waals surface area contributed by atoms with E-state index in [1.54, 1.807) is 69.7 Å². The maximum Gasteiger partial charge on any atom is 0.255 e. The minimum atomic E-state index is -0.502. The third-order valence-electron chi connectivity index (χ3n) is 4.64. The highest BCUT2D eigenvalue weighted by Gasteiger charge is 2.15. The van der Waals surface area contributed by atoms with Crippen LogP contribution < -0.4 is 25.4 Å². The Morgan fingerprint density at radius 1 is 0.742 bits per heavy atom. The van der Waals surface area contributed by atoms with E-state index in [1.165, 1.54) is 0 Å². The summed E-state index contributed by atoms with van der Waals surface area (Å²) in [4.78, 5) is 25.0. The van der Waals surface area contributed by atoms with Crippen LogP contribution in [0.15, 0.2) is 72.8 Å². The normalized spacial score (nSPS) is 11.2. The van der Waals surface area contributed by atoms with Crippen LogP contribution in [0.4, 0.5) is 17.1 Å². The first-order valence-corrected chi connectivity index (χ1v) is 9.76. The molecule has 0 unspecified atom stereocenters. The van der Waals surface area contributed by atoms with Gasteiger partial charge in [0.05, 0.1) is 25.6 Å². The first kappa shape index (κ1) is 21.7. The van der Waals surface area contributed by atoms with Crippen molar-refractivity contribution in [1.82, 2.24) is 0 Å². The zero-order valence-electron chi connectivity index (χ0n) is 17.6. The molecular weight excluding hydrogens is 394 g/mol. The summed E-state index contributed by atoms with van der Waals surface area (Å²) in [5.41, 5.74) is 2.41. The van der Waals surface area contributed by atoms with Crippen molar-refractivity contribution < 1.29 is 19.1 Å². The quantitative estimate of drug-likeness (QED) is 0.504. The lowest BCUT2D eigenvalue weighted by molar-refractivity contribution is -0.116. The summed E-state index contributed by atoms with van der Waals surface area (Å²) in [7, 11) is 3.11. The minimum absolute atomic E-state index is 0.206. The SMILES string of the molecule is COc1ccccc1NC(=O)c1ccc(N[C@@H](C)C(=O)Nc2ccccc2OC)cc1. The van der Waals surface area contributed by atoms with Crippen molar-refractivity contribution in [2.24, 2.45) is 0 Å². The predicted molar refractivity (Wildman–Crippen MR) is 122 cm³/mol. The van der Waals surface area contributed by atoms with Crippen LogP contribution in [0.1, 0.15) is 17.3 Å². The molecule has 0 saturated carbocycles. The molecule has 3 rings (SSSR count). The Kier molecular flexibility index (Phi) is 7.11. The molecule has 1 atom stereocenters. The molecule has 2 amide bonds. The van der Waals surface area contributed by atoms with Gasteiger partial charge in [-0.05, 0) is 55.5 Å². The second-order valence-corrected chi connectivity index (χ2v) is 6.79. The lowest BCUT2D eigenvalue weighted by Crippen LogP contribution is -2.32. The smallest absolute Gasteiger partial charge is 0.255 e. The number of para-hydroxylation sites is 4. The molecule has 0 aliphatic rings. The molecule has 0 heterocycles. The Bertz CT molecular complexity index is 1050. The van der Waals surface area contributed by atoms with E-state index in [9.17, 15) is 9.59 Å². The van der Waals surface area contributed by atoms with Gasteiger partial charge in [-0.25, -0.2) is 0 Å². The van der Waals surface area contributed by atoms with Crippen LogP contribution >= 0.6 is 0 Å². The third kappa shape index (κ3) is 5.54. The highest BCUT2D eigenvalue weighted by molar-refractivity contribution is 6.05. The third-order valence-corrected chi connectivity index (χ3v) is 4.64. The summed E-state index contributed by atoms with van der Waals surface area (Å²) in [6, 6.07) is 20.8. The lowest BCUT2D eigenvalue weighted by atomic mass is 10.1. The van der Waals surface area contributed by atoms with Crippen molar-refractivity contribution >= 4 is 28.9 Å². The lowest BCUT2D eigenvalue weighted by Gasteiger charge is -2.17. The molecule has 0 aliphatic carbocycles. The Morgan fingerprint density at radius 2 is 1.26 bits per heavy atom. The Labute approximate surface area is 181 Å². The molecule has 0 fully saturated rings. The molecule has 7 heteroatoms. The number of carbonyl (C=O) groups excluding carboxylic acids is 2. The standard InChI is InChI=1S/C24H25N3O4/c1-16(23(28)26-19-8-4-6-10-21(19)30-2)25-18-14-12-17(13-15-18)24(29)27-20-9-5-7-11-22(20)31-3/h4-16,25H,1-3H3,(H,26,28)(H,27,29)/t16-/m0/s1. The first-order valence-electron chi connectivity index (χ1n) is 9.76. The average Bonchev–Trinajstić information content (AvgIpc) is 2.80. The number of benzene rings is 3. The largest absolute Gasteiger partial charge is 0.495 e. The summed E-state index contributed by atoms with van der Waals surface area (Å²) in [6.45, 7) is 1.76. The predicted octanol–water partition coefficient (Wildman–Crippen LogP) is 4.40. The van der Waals surface area contributed by atoms with Crippen LogP contribution in [0.3, 0.4) is 0 Å². The van der Waals surface area contributed by atoms with Gasteiger partial charge in [-0.2, -0.15) is 0 Å². The highest BCUT2D eigenvalue weighted by atomic mass is 16.5. The molecule has 160 valence electrons. The number of rotatable bonds is 8. The molecule has 3 N–H and O–H groups in total. The van der Waals surface area contributed by atoms with E-state index in [0.717, 1.165) is 5.69 Å². The van der Waals surface area contributed by atoms with Crippen molar-refractivity contribution in [3.8, 4) is 11.5 Å². The minimum Gasteiger partial charge on any atom is -0.495 e. The van der Waals surface area contributed by atoms with Gasteiger partial charge in [0, 0.05) is 11.3 Å². The zero-order chi connectivity index (χ0) is 22.2. The number of hydrogen-bond donors (Lipinski definition) is 3. The monoisotopic (exact) mass is 419 g/mol. The van der Waals surface area contributed by atoms with Gasteiger partial charge in [0.15, 0.2) is 0 Å². The molecule has 0 spiro atoms. The number of hydrogen-bond acceptors (Lipinski definition) is 5. The van der Waals surface area contributed by atoms with E-state index < -0.39 is 6.04 Å². The summed E-state index contributed by atoms with van der Waals surface area (Å²) in [5, 5.41) is 8.81. The Morgan fingerprint density at radius 3 is 1.81 bits per heavy atom. The molecule has 0 aromatic heterocycles. The number of methoxy groups -OCH3 is 2. The van der Waals surface area contributed by atoms with Crippen LogP contribution in [0, 0.1) is 0 Å². The summed E-state index contributed by atoms with van der Waals surface area (Å²) < 4.78 is 10.5. The number of ether oxygens (including phenoxy) is 2. The Hall–Kier alpha value is -4.00. The first-order chi connectivity index (χ1) is 15.0. The fraction of sp³-hybridized carbons (Fsp3) is 0.167. The van der Waals surface area contributed by atoms with E-state index in [0.29, 0.717) is 28.4 Å². The number of nitrogens with one attached hydrogen (secondary N) is 3. The number of amides is 2. The number of anilines is 3. The van der Waals surface area contributed by atoms with Gasteiger partial charge >= 0.3 is 0 Å². The van der Waals surface area contributed by atoms with Gasteiger partial charge in [-0.1, -0.05) is 24.3 Å². The summed E-state index contributed by atoms with van der Waals surface area (Å²) in [6.07, 6.45) is 0. The van der Waals surface area contributed by atoms with Gasteiger partial charge in [-0.15, -0.1) is 0 Å². The van der Waals surface area contributed by atoms with Gasteiger partial charge in [-0.3, -0.25) is 9.59 Å². The van der Waals surface area contributed by atoms with Gasteiger partial charge in [0.25, 0.3) is 5.91 Å². The van der Waals surface area contributed by atoms with Crippen LogP contribution in [-0.2, 0) is 4.79 Å². The fourth-order valence-electron chi connectivity index (χ4n) is 2.96. The second kappa shape index (κ2) is 10.2. The summed E-state index contributed by atoms with van der Waals surface area (Å²) in [5.74, 6) is 0.720. The fourth-order valence-corrected chi connectivity index (χ4v) is 2.96. The van der Waals surface area contributed by atoms with Crippen molar-refractivity contribution in [1.29, 1.82) is 0 Å². The molecular formula is C24H25N3O4. The van der Waals surface area contributed by atoms with E-state index in [4.69, 9.17) is 9.47 Å². The average molecular weight is 419 g/mol. The van der Waals surface area contributed by atoms with Gasteiger partial charge in [0.2, 0.25) is 5.91 Å². The highest BCUT2D eigenvalue weighted by Crippen LogP contribution is 2.25. The molecule has 7 nitrogen and oxygen atoms in total. The van der Waals surface area contributed by atoms with Gasteiger partial charge < -0.3 is 25.4 Å². The molecule has 0 aliphatic heterocycles. The molecule has 0 saturated heterocycles. The van der Waals surface area contributed by atoms with Gasteiger partial charge in [0.1, 0.15) is 17.5 Å². The summed E-state index contributed by atoms with van der Waals surface area (Å²) >= 11 is 0. The second-order valence-electron chi connectivity index (χ2n) is 6.79. The van der Waals surface area contributed by atoms with Crippen LogP contribution in [0.2, 0.25) is 0 Å². The Balaban J connectivity index is 1.60. The van der Waals surface area contributed by atoms with Crippen LogP contribution in [0.25, 0.3) is 0 Å². The topological polar surface area (TPSA) is 88.7 Å². The van der Waals surface area contributed by atoms with Crippen LogP contribution in [-0.4, -0.2) is 32.1 Å². The van der Waals surface area contributed by atoms with E-state index in [-0.39, 0.29) is 11.8 Å². The van der Waals surface area contributed by atoms with Crippen LogP contribution in [0.5, 0.6) is 11.5 Å². The van der Waals surface area contributed by atoms with E-state index in [1.807, 2.05) is 24.3 Å². The number of carbonyl (C=O) groups is 2. The van der Waals surface area contributed by atoms with Crippen molar-refractivity contribution in [2.45, 2.75) is 13.0 Å². The van der Waals surface area contributed by atoms with Crippen molar-refractivity contribution in [3.63, 3.8) is 0 Å².